The van der Waals surface area contributed by atoms with Gasteiger partial charge in [-0.1, -0.05) is 31.0 Å². The Balaban J connectivity index is 2.78. The summed E-state index contributed by atoms with van der Waals surface area (Å²) in [5.41, 5.74) is -0.854. The molecule has 0 aliphatic heterocycles. The molecule has 0 bridgehead atoms. The fraction of sp³-hybridized carbons (Fsp3) is 0.429. The van der Waals surface area contributed by atoms with Crippen molar-refractivity contribution in [2.24, 2.45) is 0 Å². The summed E-state index contributed by atoms with van der Waals surface area (Å²) in [6.45, 7) is 3.30. The molecule has 1 aromatic carbocycles. The molecule has 0 radical (unpaired) electrons. The highest BCUT2D eigenvalue weighted by Crippen LogP contribution is 2.19. The summed E-state index contributed by atoms with van der Waals surface area (Å²) < 4.78 is 12.9. The summed E-state index contributed by atoms with van der Waals surface area (Å²) in [6, 6.07) is 3.73. The molecule has 0 aliphatic carbocycles. The van der Waals surface area contributed by atoms with E-state index in [9.17, 15) is 19.1 Å². The highest BCUT2D eigenvalue weighted by Gasteiger charge is 2.33. The molecular weight excluding hydrogens is 285 g/mol. The lowest BCUT2D eigenvalue weighted by Crippen LogP contribution is -2.52. The van der Waals surface area contributed by atoms with E-state index in [0.717, 1.165) is 6.07 Å². The summed E-state index contributed by atoms with van der Waals surface area (Å²) in [5, 5.41) is 11.8. The summed E-state index contributed by atoms with van der Waals surface area (Å²) in [4.78, 5) is 23.1. The quantitative estimate of drug-likeness (QED) is 0.849. The molecular formula is C14H17ClFNO3. The highest BCUT2D eigenvalue weighted by molar-refractivity contribution is 6.31. The van der Waals surface area contributed by atoms with Crippen molar-refractivity contribution in [2.75, 3.05) is 0 Å². The summed E-state index contributed by atoms with van der Waals surface area (Å²) in [5.74, 6) is -2.03. The molecule has 1 unspecified atom stereocenters. The number of carboxylic acid groups (broad SMARTS) is 1. The smallest absolute Gasteiger partial charge is 0.329 e. The summed E-state index contributed by atoms with van der Waals surface area (Å²) >= 11 is 5.83. The van der Waals surface area contributed by atoms with Crippen molar-refractivity contribution in [1.29, 1.82) is 0 Å². The number of halogens is 2. The van der Waals surface area contributed by atoms with Crippen LogP contribution in [0.2, 0.25) is 5.02 Å². The highest BCUT2D eigenvalue weighted by atomic mass is 35.5. The number of hydrogen-bond acceptors (Lipinski definition) is 2. The van der Waals surface area contributed by atoms with Crippen LogP contribution in [0.25, 0.3) is 0 Å². The minimum Gasteiger partial charge on any atom is -0.480 e. The number of hydrogen-bond donors (Lipinski definition) is 2. The molecule has 20 heavy (non-hydrogen) atoms. The van der Waals surface area contributed by atoms with E-state index in [4.69, 9.17) is 11.6 Å². The normalized spacial score (nSPS) is 13.6. The lowest BCUT2D eigenvalue weighted by molar-refractivity contribution is -0.147. The van der Waals surface area contributed by atoms with Crippen molar-refractivity contribution in [3.8, 4) is 0 Å². The third-order valence-electron chi connectivity index (χ3n) is 3.00. The monoisotopic (exact) mass is 301 g/mol. The number of benzene rings is 1. The minimum absolute atomic E-state index is 0.0916. The largest absolute Gasteiger partial charge is 0.480 e. The van der Waals surface area contributed by atoms with E-state index in [0.29, 0.717) is 18.4 Å². The van der Waals surface area contributed by atoms with Crippen molar-refractivity contribution in [3.63, 3.8) is 0 Å². The van der Waals surface area contributed by atoms with Crippen LogP contribution in [0.5, 0.6) is 0 Å². The number of rotatable bonds is 6. The Morgan fingerprint density at radius 2 is 2.10 bits per heavy atom. The van der Waals surface area contributed by atoms with Gasteiger partial charge in [0.05, 0.1) is 6.42 Å². The van der Waals surface area contributed by atoms with Gasteiger partial charge in [-0.2, -0.15) is 0 Å². The summed E-state index contributed by atoms with van der Waals surface area (Å²) in [6.07, 6.45) is 0.858. The van der Waals surface area contributed by atoms with Crippen LogP contribution in [0.3, 0.4) is 0 Å². The average Bonchev–Trinajstić information content (AvgIpc) is 2.32. The molecule has 2 N–H and O–H groups in total. The molecule has 1 rings (SSSR count). The molecule has 1 amide bonds. The number of carboxylic acids is 1. The van der Waals surface area contributed by atoms with Crippen LogP contribution < -0.4 is 5.32 Å². The molecule has 1 aromatic rings. The van der Waals surface area contributed by atoms with E-state index in [-0.39, 0.29) is 11.4 Å². The Morgan fingerprint density at radius 1 is 1.45 bits per heavy atom. The van der Waals surface area contributed by atoms with Crippen LogP contribution in [-0.4, -0.2) is 22.5 Å². The minimum atomic E-state index is -1.31. The number of carbonyl (C=O) groups excluding carboxylic acids is 1. The lowest BCUT2D eigenvalue weighted by atomic mass is 9.96. The molecule has 0 heterocycles. The van der Waals surface area contributed by atoms with Gasteiger partial charge in [0.1, 0.15) is 11.4 Å². The Morgan fingerprint density at radius 3 is 2.60 bits per heavy atom. The van der Waals surface area contributed by atoms with Crippen LogP contribution in [0.15, 0.2) is 18.2 Å². The fourth-order valence-electron chi connectivity index (χ4n) is 1.91. The number of aliphatic carboxylic acids is 1. The van der Waals surface area contributed by atoms with E-state index in [2.05, 4.69) is 5.32 Å². The van der Waals surface area contributed by atoms with Gasteiger partial charge in [-0.15, -0.1) is 0 Å². The molecule has 6 heteroatoms. The standard InChI is InChI=1S/C14H17ClFNO3/c1-3-6-14(2,13(19)20)17-12(18)7-9-4-5-10(16)8-11(9)15/h4-5,8H,3,6-7H2,1-2H3,(H,17,18)(H,19,20). The number of amides is 1. The Kier molecular flexibility index (Phi) is 5.51. The van der Waals surface area contributed by atoms with E-state index < -0.39 is 23.2 Å². The first-order valence-electron chi connectivity index (χ1n) is 6.27. The van der Waals surface area contributed by atoms with Gasteiger partial charge in [0.25, 0.3) is 0 Å². The van der Waals surface area contributed by atoms with E-state index in [1.165, 1.54) is 19.1 Å². The first-order valence-corrected chi connectivity index (χ1v) is 6.64. The lowest BCUT2D eigenvalue weighted by Gasteiger charge is -2.25. The van der Waals surface area contributed by atoms with Crippen LogP contribution in [0.4, 0.5) is 4.39 Å². The van der Waals surface area contributed by atoms with Crippen molar-refractivity contribution in [3.05, 3.63) is 34.6 Å². The van der Waals surface area contributed by atoms with Crippen LogP contribution in [0.1, 0.15) is 32.3 Å². The van der Waals surface area contributed by atoms with Crippen molar-refractivity contribution in [1.82, 2.24) is 5.32 Å². The Labute approximate surface area is 121 Å². The average molecular weight is 302 g/mol. The van der Waals surface area contributed by atoms with Crippen LogP contribution in [0, 0.1) is 5.82 Å². The third kappa shape index (κ3) is 4.20. The molecule has 0 spiro atoms. The molecule has 0 aromatic heterocycles. The number of nitrogens with one attached hydrogen (secondary N) is 1. The zero-order valence-corrected chi connectivity index (χ0v) is 12.1. The van der Waals surface area contributed by atoms with Gasteiger partial charge in [-0.05, 0) is 31.0 Å². The Hall–Kier alpha value is -1.62. The molecule has 0 fully saturated rings. The second-order valence-corrected chi connectivity index (χ2v) is 5.26. The maximum absolute atomic E-state index is 12.9. The number of carbonyl (C=O) groups is 2. The zero-order chi connectivity index (χ0) is 15.3. The molecule has 4 nitrogen and oxygen atoms in total. The maximum Gasteiger partial charge on any atom is 0.329 e. The third-order valence-corrected chi connectivity index (χ3v) is 3.36. The maximum atomic E-state index is 12.9. The first kappa shape index (κ1) is 16.4. The van der Waals surface area contributed by atoms with Crippen molar-refractivity contribution in [2.45, 2.75) is 38.6 Å². The van der Waals surface area contributed by atoms with Gasteiger partial charge >= 0.3 is 5.97 Å². The molecule has 0 saturated heterocycles. The SMILES string of the molecule is CCCC(C)(NC(=O)Cc1ccc(F)cc1Cl)C(=O)O. The topological polar surface area (TPSA) is 66.4 Å². The van der Waals surface area contributed by atoms with Gasteiger partial charge in [-0.3, -0.25) is 4.79 Å². The van der Waals surface area contributed by atoms with E-state index in [1.807, 2.05) is 6.92 Å². The van der Waals surface area contributed by atoms with Crippen LogP contribution in [-0.2, 0) is 16.0 Å². The van der Waals surface area contributed by atoms with Gasteiger partial charge < -0.3 is 10.4 Å². The van der Waals surface area contributed by atoms with Gasteiger partial charge in [0.15, 0.2) is 0 Å². The van der Waals surface area contributed by atoms with E-state index >= 15 is 0 Å². The fourth-order valence-corrected chi connectivity index (χ4v) is 2.15. The second-order valence-electron chi connectivity index (χ2n) is 4.85. The van der Waals surface area contributed by atoms with Crippen molar-refractivity contribution < 1.29 is 19.1 Å². The summed E-state index contributed by atoms with van der Waals surface area (Å²) in [7, 11) is 0. The first-order chi connectivity index (χ1) is 9.28. The van der Waals surface area contributed by atoms with Gasteiger partial charge in [0, 0.05) is 5.02 Å². The van der Waals surface area contributed by atoms with Gasteiger partial charge in [0.2, 0.25) is 5.91 Å². The predicted molar refractivity (Wildman–Crippen MR) is 74.2 cm³/mol. The second kappa shape index (κ2) is 6.70. The van der Waals surface area contributed by atoms with Crippen LogP contribution >= 0.6 is 11.6 Å². The predicted octanol–water partition coefficient (Wildman–Crippen LogP) is 2.78. The molecule has 0 saturated carbocycles. The van der Waals surface area contributed by atoms with Crippen molar-refractivity contribution >= 4 is 23.5 Å². The molecule has 1 atom stereocenters. The molecule has 0 aliphatic rings. The van der Waals surface area contributed by atoms with Gasteiger partial charge in [-0.25, -0.2) is 9.18 Å². The zero-order valence-electron chi connectivity index (χ0n) is 11.4. The molecule has 110 valence electrons. The Bertz CT molecular complexity index is 521. The van der Waals surface area contributed by atoms with E-state index in [1.54, 1.807) is 0 Å².